The number of benzene rings is 2. The number of carboxylic acid groups (broad SMARTS) is 1. The SMILES string of the molecule is COc1ccc(OC(=O)NC2C=CC(/C=C/CN(c3ccc(OC4CCN(C)CC4)c(Cl)c3)S(=O)(=O)CC(=O)O)=C(C)C2=N)cc1.Cl.Cl. The largest absolute Gasteiger partial charge is 0.497 e. The van der Waals surface area contributed by atoms with Crippen LogP contribution in [0.3, 0.4) is 0 Å². The predicted octanol–water partition coefficient (Wildman–Crippen LogP) is 5.51. The third-order valence-corrected chi connectivity index (χ3v) is 9.47. The van der Waals surface area contributed by atoms with Crippen LogP contribution >= 0.6 is 36.4 Å². The number of amides is 1. The number of hydrogen-bond donors (Lipinski definition) is 3. The molecule has 48 heavy (non-hydrogen) atoms. The van der Waals surface area contributed by atoms with Crippen molar-refractivity contribution in [3.63, 3.8) is 0 Å². The smallest absolute Gasteiger partial charge is 0.413 e. The first-order valence-corrected chi connectivity index (χ1v) is 16.5. The maximum absolute atomic E-state index is 13.1. The van der Waals surface area contributed by atoms with Gasteiger partial charge in [0.25, 0.3) is 0 Å². The zero-order chi connectivity index (χ0) is 33.4. The van der Waals surface area contributed by atoms with Crippen LogP contribution in [-0.4, -0.2) is 87.9 Å². The number of nitrogens with one attached hydrogen (secondary N) is 2. The van der Waals surface area contributed by atoms with E-state index in [-0.39, 0.29) is 53.9 Å². The number of rotatable bonds is 12. The number of sulfonamides is 1. The van der Waals surface area contributed by atoms with Crippen LogP contribution < -0.4 is 23.8 Å². The van der Waals surface area contributed by atoms with Gasteiger partial charge in [0.05, 0.1) is 36.1 Å². The van der Waals surface area contributed by atoms with Gasteiger partial charge in [-0.1, -0.05) is 35.9 Å². The average Bonchev–Trinajstić information content (AvgIpc) is 3.00. The Morgan fingerprint density at radius 2 is 1.77 bits per heavy atom. The van der Waals surface area contributed by atoms with Gasteiger partial charge >= 0.3 is 12.1 Å². The van der Waals surface area contributed by atoms with E-state index in [4.69, 9.17) is 31.2 Å². The molecule has 0 spiro atoms. The molecule has 2 aliphatic rings. The topological polar surface area (TPSA) is 159 Å². The minimum Gasteiger partial charge on any atom is -0.497 e. The van der Waals surface area contributed by atoms with Gasteiger partial charge < -0.3 is 34.9 Å². The summed E-state index contributed by atoms with van der Waals surface area (Å²) in [7, 11) is -0.710. The number of carbonyl (C=O) groups is 2. The summed E-state index contributed by atoms with van der Waals surface area (Å²) in [5, 5.41) is 20.7. The molecular weight excluding hydrogens is 707 g/mol. The lowest BCUT2D eigenvalue weighted by Gasteiger charge is -2.30. The van der Waals surface area contributed by atoms with Crippen LogP contribution in [0.5, 0.6) is 17.2 Å². The normalized spacial score (nSPS) is 16.9. The summed E-state index contributed by atoms with van der Waals surface area (Å²) in [6.45, 7) is 3.30. The van der Waals surface area contributed by atoms with E-state index in [2.05, 4.69) is 10.2 Å². The lowest BCUT2D eigenvalue weighted by Crippen LogP contribution is -2.42. The van der Waals surface area contributed by atoms with E-state index < -0.39 is 33.9 Å². The molecule has 3 N–H and O–H groups in total. The Hall–Kier alpha value is -3.75. The summed E-state index contributed by atoms with van der Waals surface area (Å²) in [6, 6.07) is 10.3. The lowest BCUT2D eigenvalue weighted by molar-refractivity contribution is -0.134. The highest BCUT2D eigenvalue weighted by atomic mass is 35.5. The van der Waals surface area contributed by atoms with E-state index >= 15 is 0 Å². The highest BCUT2D eigenvalue weighted by molar-refractivity contribution is 7.93. The Balaban J connectivity index is 0.00000400. The second kappa shape index (κ2) is 18.1. The van der Waals surface area contributed by atoms with Gasteiger partial charge in [0.15, 0.2) is 5.75 Å². The average molecular weight is 746 g/mol. The van der Waals surface area contributed by atoms with Crippen molar-refractivity contribution in [3.05, 3.63) is 82.9 Å². The molecule has 0 aromatic heterocycles. The van der Waals surface area contributed by atoms with Crippen LogP contribution in [0.4, 0.5) is 10.5 Å². The first-order chi connectivity index (χ1) is 21.9. The van der Waals surface area contributed by atoms with E-state index in [0.717, 1.165) is 30.2 Å². The Labute approximate surface area is 297 Å². The Kier molecular flexibility index (Phi) is 15.3. The number of ether oxygens (including phenoxy) is 3. The van der Waals surface area contributed by atoms with Gasteiger partial charge in [-0.15, -0.1) is 24.8 Å². The molecule has 1 aliphatic heterocycles. The van der Waals surface area contributed by atoms with Crippen LogP contribution in [0.15, 0.2) is 77.9 Å². The number of nitrogens with zero attached hydrogens (tertiary/aromatic N) is 2. The lowest BCUT2D eigenvalue weighted by atomic mass is 9.93. The van der Waals surface area contributed by atoms with Crippen LogP contribution in [0.25, 0.3) is 0 Å². The maximum Gasteiger partial charge on any atom is 0.413 e. The number of halogens is 3. The van der Waals surface area contributed by atoms with E-state index in [1.165, 1.54) is 19.2 Å². The van der Waals surface area contributed by atoms with Crippen LogP contribution in [0, 0.1) is 5.41 Å². The zero-order valence-corrected chi connectivity index (χ0v) is 29.8. The molecule has 0 bridgehead atoms. The molecule has 4 rings (SSSR count). The molecule has 262 valence electrons. The number of carboxylic acids is 1. The fraction of sp³-hybridized carbons (Fsp3) is 0.344. The summed E-state index contributed by atoms with van der Waals surface area (Å²) in [5.41, 5.74) is 1.47. The third kappa shape index (κ3) is 10.9. The molecule has 1 atom stereocenters. The predicted molar refractivity (Wildman–Crippen MR) is 191 cm³/mol. The van der Waals surface area contributed by atoms with Crippen molar-refractivity contribution in [1.29, 1.82) is 5.41 Å². The van der Waals surface area contributed by atoms with Crippen LogP contribution in [0.2, 0.25) is 5.02 Å². The number of anilines is 1. The zero-order valence-electron chi connectivity index (χ0n) is 26.6. The standard InChI is InChI=1S/C32H37ClN4O8S.2ClH/c1-21-22(6-12-28(31(21)34)35-32(40)45-25-10-8-24(43-3)9-11-25)5-4-16-37(46(41,42)20-30(38)39)23-7-13-29(27(33)19-23)44-26-14-17-36(2)18-15-26;;/h4-13,19,26,28,34H,14-18,20H2,1-3H3,(H,35,40)(H,38,39);2*1H/b5-4+,34-31?;;. The Morgan fingerprint density at radius 1 is 1.12 bits per heavy atom. The fourth-order valence-electron chi connectivity index (χ4n) is 4.93. The van der Waals surface area contributed by atoms with Crippen molar-refractivity contribution in [1.82, 2.24) is 10.2 Å². The van der Waals surface area contributed by atoms with Gasteiger partial charge in [0, 0.05) is 13.1 Å². The molecule has 0 saturated carbocycles. The van der Waals surface area contributed by atoms with Crippen molar-refractivity contribution >= 4 is 69.9 Å². The van der Waals surface area contributed by atoms with Gasteiger partial charge in [-0.05, 0) is 80.4 Å². The molecule has 1 aliphatic carbocycles. The number of likely N-dealkylation sites (tertiary alicyclic amines) is 1. The molecule has 1 saturated heterocycles. The highest BCUT2D eigenvalue weighted by Crippen LogP contribution is 2.33. The molecule has 0 radical (unpaired) electrons. The molecule has 1 fully saturated rings. The molecule has 1 amide bonds. The van der Waals surface area contributed by atoms with Crippen molar-refractivity contribution in [3.8, 4) is 17.2 Å². The molecule has 1 unspecified atom stereocenters. The van der Waals surface area contributed by atoms with Crippen molar-refractivity contribution in [2.24, 2.45) is 0 Å². The van der Waals surface area contributed by atoms with Gasteiger partial charge in [-0.3, -0.25) is 9.10 Å². The molecular formula is C32H39Cl3N4O8S. The first kappa shape index (κ1) is 40.4. The summed E-state index contributed by atoms with van der Waals surface area (Å²) >= 11 is 6.50. The fourth-order valence-corrected chi connectivity index (χ4v) is 6.36. The van der Waals surface area contributed by atoms with Crippen molar-refractivity contribution in [2.45, 2.75) is 31.9 Å². The van der Waals surface area contributed by atoms with Gasteiger partial charge in [-0.2, -0.15) is 0 Å². The van der Waals surface area contributed by atoms with Gasteiger partial charge in [-0.25, -0.2) is 13.2 Å². The quantitative estimate of drug-likeness (QED) is 0.255. The Bertz CT molecular complexity index is 1660. The second-order valence-electron chi connectivity index (χ2n) is 10.9. The maximum atomic E-state index is 13.1. The summed E-state index contributed by atoms with van der Waals surface area (Å²) in [4.78, 5) is 26.0. The monoisotopic (exact) mass is 744 g/mol. The van der Waals surface area contributed by atoms with Gasteiger partial charge in [0.2, 0.25) is 10.0 Å². The Morgan fingerprint density at radius 3 is 2.38 bits per heavy atom. The molecule has 2 aromatic rings. The molecule has 1 heterocycles. The number of carbonyl (C=O) groups excluding carboxylic acids is 1. The number of hydrogen-bond acceptors (Lipinski definition) is 9. The van der Waals surface area contributed by atoms with E-state index in [0.29, 0.717) is 28.4 Å². The first-order valence-electron chi connectivity index (χ1n) is 14.5. The second-order valence-corrected chi connectivity index (χ2v) is 13.2. The minimum absolute atomic E-state index is 0. The van der Waals surface area contributed by atoms with Crippen molar-refractivity contribution in [2.75, 3.05) is 43.8 Å². The number of methoxy groups -OCH3 is 1. The molecule has 2 aromatic carbocycles. The summed E-state index contributed by atoms with van der Waals surface area (Å²) in [6.07, 6.45) is 7.43. The van der Waals surface area contributed by atoms with E-state index in [1.54, 1.807) is 61.6 Å². The summed E-state index contributed by atoms with van der Waals surface area (Å²) in [5.74, 6) is -1.26. The van der Waals surface area contributed by atoms with Crippen LogP contribution in [0.1, 0.15) is 19.8 Å². The summed E-state index contributed by atoms with van der Waals surface area (Å²) < 4.78 is 43.6. The van der Waals surface area contributed by atoms with E-state index in [1.807, 2.05) is 7.05 Å². The molecule has 16 heteroatoms. The van der Waals surface area contributed by atoms with Crippen LogP contribution in [-0.2, 0) is 14.8 Å². The number of aliphatic carboxylic acids is 1. The highest BCUT2D eigenvalue weighted by Gasteiger charge is 2.27. The minimum atomic E-state index is -4.28. The number of piperidine rings is 1. The molecule has 12 nitrogen and oxygen atoms in total. The number of allylic oxidation sites excluding steroid dienone is 3. The van der Waals surface area contributed by atoms with E-state index in [9.17, 15) is 23.1 Å². The third-order valence-electron chi connectivity index (χ3n) is 7.53. The van der Waals surface area contributed by atoms with Crippen molar-refractivity contribution < 1.29 is 37.3 Å². The van der Waals surface area contributed by atoms with Gasteiger partial charge in [0.1, 0.15) is 23.4 Å².